The number of hydrogen-bond donors (Lipinski definition) is 1. The number of hydrogen-bond acceptors (Lipinski definition) is 5. The van der Waals surface area contributed by atoms with Crippen LogP contribution in [0.2, 0.25) is 0 Å². The summed E-state index contributed by atoms with van der Waals surface area (Å²) in [5.74, 6) is -0.407. The zero-order chi connectivity index (χ0) is 13.0. The second kappa shape index (κ2) is 5.50. The lowest BCUT2D eigenvalue weighted by Gasteiger charge is -2.05. The van der Waals surface area contributed by atoms with Gasteiger partial charge in [-0.05, 0) is 24.3 Å². The van der Waals surface area contributed by atoms with Crippen molar-refractivity contribution in [1.29, 1.82) is 0 Å². The Kier molecular flexibility index (Phi) is 3.78. The smallest absolute Gasteiger partial charge is 0.411 e. The van der Waals surface area contributed by atoms with Gasteiger partial charge in [0.05, 0.1) is 19.3 Å². The van der Waals surface area contributed by atoms with Crippen LogP contribution in [0.5, 0.6) is 0 Å². The van der Waals surface area contributed by atoms with Crippen molar-refractivity contribution < 1.29 is 23.8 Å². The van der Waals surface area contributed by atoms with Gasteiger partial charge in [0.25, 0.3) is 0 Å². The molecule has 1 aromatic carbocycles. The molecular formula is C12H13NO5. The van der Waals surface area contributed by atoms with E-state index < -0.39 is 12.1 Å². The number of epoxide rings is 1. The first kappa shape index (κ1) is 12.4. The van der Waals surface area contributed by atoms with Crippen LogP contribution in [0, 0.1) is 0 Å². The highest BCUT2D eigenvalue weighted by molar-refractivity contribution is 5.91. The lowest BCUT2D eigenvalue weighted by atomic mass is 10.2. The number of anilines is 1. The van der Waals surface area contributed by atoms with E-state index in [2.05, 4.69) is 10.1 Å². The van der Waals surface area contributed by atoms with Crippen LogP contribution in [0.3, 0.4) is 0 Å². The zero-order valence-electron chi connectivity index (χ0n) is 9.84. The highest BCUT2D eigenvalue weighted by atomic mass is 16.6. The molecule has 18 heavy (non-hydrogen) atoms. The van der Waals surface area contributed by atoms with E-state index in [0.717, 1.165) is 0 Å². The summed E-state index contributed by atoms with van der Waals surface area (Å²) in [5, 5.41) is 2.48. The Bertz CT molecular complexity index is 438. The summed E-state index contributed by atoms with van der Waals surface area (Å²) < 4.78 is 14.4. The number of methoxy groups -OCH3 is 1. The largest absolute Gasteiger partial charge is 0.459 e. The number of ether oxygens (including phenoxy) is 3. The molecule has 6 heteroatoms. The minimum absolute atomic E-state index is 0.0502. The van der Waals surface area contributed by atoms with E-state index >= 15 is 0 Å². The van der Waals surface area contributed by atoms with Crippen molar-refractivity contribution in [2.24, 2.45) is 0 Å². The minimum atomic E-state index is -0.559. The molecule has 0 radical (unpaired) electrons. The summed E-state index contributed by atoms with van der Waals surface area (Å²) in [6.07, 6.45) is -0.509. The predicted molar refractivity (Wildman–Crippen MR) is 62.5 cm³/mol. The van der Waals surface area contributed by atoms with Gasteiger partial charge in [-0.15, -0.1) is 0 Å². The molecule has 0 aliphatic carbocycles. The second-order valence-electron chi connectivity index (χ2n) is 3.75. The van der Waals surface area contributed by atoms with Gasteiger partial charge >= 0.3 is 12.1 Å². The summed E-state index contributed by atoms with van der Waals surface area (Å²) in [4.78, 5) is 22.5. The van der Waals surface area contributed by atoms with Gasteiger partial charge in [-0.1, -0.05) is 0 Å². The Morgan fingerprint density at radius 2 is 2.06 bits per heavy atom. The van der Waals surface area contributed by atoms with Gasteiger partial charge in [-0.2, -0.15) is 0 Å². The van der Waals surface area contributed by atoms with E-state index in [1.165, 1.54) is 7.11 Å². The maximum absolute atomic E-state index is 11.6. The van der Waals surface area contributed by atoms with Crippen LogP contribution < -0.4 is 5.32 Å². The second-order valence-corrected chi connectivity index (χ2v) is 3.75. The van der Waals surface area contributed by atoms with E-state index in [1.54, 1.807) is 24.3 Å². The Morgan fingerprint density at radius 3 is 2.61 bits per heavy atom. The average Bonchev–Trinajstić information content (AvgIpc) is 3.20. The molecule has 1 aliphatic rings. The van der Waals surface area contributed by atoms with Crippen LogP contribution in [0.1, 0.15) is 10.4 Å². The molecule has 1 fully saturated rings. The first-order chi connectivity index (χ1) is 8.69. The minimum Gasteiger partial charge on any atom is -0.459 e. The van der Waals surface area contributed by atoms with Crippen LogP contribution in [0.25, 0.3) is 0 Å². The molecule has 1 N–H and O–H groups in total. The number of benzene rings is 1. The van der Waals surface area contributed by atoms with E-state index in [-0.39, 0.29) is 12.7 Å². The lowest BCUT2D eigenvalue weighted by Crippen LogP contribution is -2.12. The van der Waals surface area contributed by atoms with Crippen molar-refractivity contribution >= 4 is 17.7 Å². The van der Waals surface area contributed by atoms with Gasteiger partial charge in [0.2, 0.25) is 0 Å². The fraction of sp³-hybridized carbons (Fsp3) is 0.333. The third kappa shape index (κ3) is 3.46. The molecule has 6 nitrogen and oxygen atoms in total. The summed E-state index contributed by atoms with van der Waals surface area (Å²) in [7, 11) is 1.28. The van der Waals surface area contributed by atoms with Crippen LogP contribution in [-0.2, 0) is 14.2 Å². The Morgan fingerprint density at radius 1 is 1.39 bits per heavy atom. The molecule has 1 heterocycles. The number of carbonyl (C=O) groups excluding carboxylic acids is 2. The molecule has 1 amide bonds. The summed E-state index contributed by atoms with van der Waals surface area (Å²) in [6, 6.07) is 6.34. The quantitative estimate of drug-likeness (QED) is 0.646. The maximum Gasteiger partial charge on any atom is 0.411 e. The number of amides is 1. The third-order valence-corrected chi connectivity index (χ3v) is 2.36. The fourth-order valence-electron chi connectivity index (χ4n) is 1.27. The van der Waals surface area contributed by atoms with E-state index in [9.17, 15) is 9.59 Å². The van der Waals surface area contributed by atoms with Crippen LogP contribution >= 0.6 is 0 Å². The van der Waals surface area contributed by atoms with Gasteiger partial charge in [0, 0.05) is 5.69 Å². The molecule has 1 aliphatic heterocycles. The molecule has 1 aromatic rings. The van der Waals surface area contributed by atoms with Crippen molar-refractivity contribution in [3.8, 4) is 0 Å². The van der Waals surface area contributed by atoms with Crippen molar-refractivity contribution in [3.05, 3.63) is 29.8 Å². The van der Waals surface area contributed by atoms with Crippen molar-refractivity contribution in [2.75, 3.05) is 25.6 Å². The predicted octanol–water partition coefficient (Wildman–Crippen LogP) is 1.42. The van der Waals surface area contributed by atoms with Gasteiger partial charge in [-0.3, -0.25) is 5.32 Å². The molecule has 1 atom stereocenters. The molecule has 0 bridgehead atoms. The average molecular weight is 251 g/mol. The molecule has 0 saturated carbocycles. The molecule has 1 saturated heterocycles. The zero-order valence-corrected chi connectivity index (χ0v) is 9.84. The van der Waals surface area contributed by atoms with Crippen LogP contribution in [-0.4, -0.2) is 38.5 Å². The standard InChI is InChI=1S/C12H13NO5/c1-16-12(15)13-9-4-2-8(3-5-9)11(14)18-7-10-6-17-10/h2-5,10H,6-7H2,1H3,(H,13,15). The number of esters is 1. The van der Waals surface area contributed by atoms with Crippen LogP contribution in [0.15, 0.2) is 24.3 Å². The van der Waals surface area contributed by atoms with Gasteiger partial charge < -0.3 is 14.2 Å². The van der Waals surface area contributed by atoms with E-state index in [1.807, 2.05) is 0 Å². The molecule has 0 spiro atoms. The topological polar surface area (TPSA) is 77.2 Å². The molecule has 1 unspecified atom stereocenters. The Hall–Kier alpha value is -2.08. The van der Waals surface area contributed by atoms with Gasteiger partial charge in [0.1, 0.15) is 12.7 Å². The van der Waals surface area contributed by atoms with Crippen molar-refractivity contribution in [1.82, 2.24) is 0 Å². The van der Waals surface area contributed by atoms with Gasteiger partial charge in [-0.25, -0.2) is 9.59 Å². The number of nitrogens with one attached hydrogen (secondary N) is 1. The summed E-state index contributed by atoms with van der Waals surface area (Å²) in [6.45, 7) is 0.927. The first-order valence-corrected chi connectivity index (χ1v) is 5.43. The monoisotopic (exact) mass is 251 g/mol. The number of rotatable bonds is 4. The normalized spacial score (nSPS) is 16.8. The van der Waals surface area contributed by atoms with Crippen LogP contribution in [0.4, 0.5) is 10.5 Å². The molecule has 0 aromatic heterocycles. The van der Waals surface area contributed by atoms with E-state index in [4.69, 9.17) is 9.47 Å². The Labute approximate surface area is 104 Å². The summed E-state index contributed by atoms with van der Waals surface area (Å²) >= 11 is 0. The molecule has 96 valence electrons. The maximum atomic E-state index is 11.6. The number of carbonyl (C=O) groups is 2. The van der Waals surface area contributed by atoms with Crippen molar-refractivity contribution in [3.63, 3.8) is 0 Å². The SMILES string of the molecule is COC(=O)Nc1ccc(C(=O)OCC2CO2)cc1. The third-order valence-electron chi connectivity index (χ3n) is 2.36. The molecular weight excluding hydrogens is 238 g/mol. The van der Waals surface area contributed by atoms with Gasteiger partial charge in [0.15, 0.2) is 0 Å². The first-order valence-electron chi connectivity index (χ1n) is 5.43. The summed E-state index contributed by atoms with van der Waals surface area (Å²) in [5.41, 5.74) is 0.968. The highest BCUT2D eigenvalue weighted by Gasteiger charge is 2.24. The lowest BCUT2D eigenvalue weighted by molar-refractivity contribution is 0.0476. The van der Waals surface area contributed by atoms with E-state index in [0.29, 0.717) is 17.9 Å². The molecule has 2 rings (SSSR count). The van der Waals surface area contributed by atoms with Crippen molar-refractivity contribution in [2.45, 2.75) is 6.10 Å². The highest BCUT2D eigenvalue weighted by Crippen LogP contribution is 2.13. The fourth-order valence-corrected chi connectivity index (χ4v) is 1.27. The Balaban J connectivity index is 1.89.